The van der Waals surface area contributed by atoms with E-state index in [0.29, 0.717) is 29.8 Å². The van der Waals surface area contributed by atoms with E-state index in [1.165, 1.54) is 20.7 Å². The predicted molar refractivity (Wildman–Crippen MR) is 325 cm³/mol. The molecule has 448 valence electrons. The van der Waals surface area contributed by atoms with Crippen LogP contribution in [0.1, 0.15) is 51.5 Å². The molecule has 3 atom stereocenters. The second kappa shape index (κ2) is 34.0. The number of nitrogens with one attached hydrogen (secondary N) is 2. The lowest BCUT2D eigenvalue weighted by molar-refractivity contribution is 0.399. The monoisotopic (exact) mass is 1290 g/mol. The van der Waals surface area contributed by atoms with E-state index in [4.69, 9.17) is 45.5 Å². The van der Waals surface area contributed by atoms with Crippen molar-refractivity contribution in [2.45, 2.75) is 18.1 Å². The molecule has 0 amide bonds. The number of halogens is 10. The van der Waals surface area contributed by atoms with Gasteiger partial charge in [-0.15, -0.1) is 34.8 Å². The molecule has 3 aliphatic heterocycles. The van der Waals surface area contributed by atoms with E-state index >= 15 is 0 Å². The maximum absolute atomic E-state index is 14.2. The average Bonchev–Trinajstić information content (AvgIpc) is 3.20. The van der Waals surface area contributed by atoms with Gasteiger partial charge in [0.15, 0.2) is 0 Å². The molecule has 0 aromatic heterocycles. The highest BCUT2D eigenvalue weighted by Crippen LogP contribution is 2.39. The number of sulfonamides is 2. The molecule has 83 heavy (non-hydrogen) atoms. The smallest absolute Gasteiger partial charge is 0.236 e. The Labute approximate surface area is 503 Å². The summed E-state index contributed by atoms with van der Waals surface area (Å²) in [6.07, 6.45) is 5.31. The van der Waals surface area contributed by atoms with Crippen LogP contribution in [-0.4, -0.2) is 116 Å². The Morgan fingerprint density at radius 2 is 0.952 bits per heavy atom. The van der Waals surface area contributed by atoms with Crippen LogP contribution in [0.25, 0.3) is 16.7 Å². The van der Waals surface area contributed by atoms with Gasteiger partial charge in [-0.05, 0) is 116 Å². The van der Waals surface area contributed by atoms with Crippen LogP contribution in [0.15, 0.2) is 176 Å². The van der Waals surface area contributed by atoms with Gasteiger partial charge in [0.1, 0.15) is 34.9 Å². The highest BCUT2D eigenvalue weighted by molar-refractivity contribution is 8.13. The van der Waals surface area contributed by atoms with Crippen LogP contribution in [0.4, 0.5) is 26.3 Å². The van der Waals surface area contributed by atoms with Crippen molar-refractivity contribution in [3.8, 4) is 0 Å². The highest BCUT2D eigenvalue weighted by atomic mass is 35.7. The van der Waals surface area contributed by atoms with Gasteiger partial charge in [0.2, 0.25) is 29.1 Å². The van der Waals surface area contributed by atoms with E-state index in [-0.39, 0.29) is 58.8 Å². The van der Waals surface area contributed by atoms with Gasteiger partial charge in [0, 0.05) is 64.8 Å². The van der Waals surface area contributed by atoms with Gasteiger partial charge >= 0.3 is 0 Å². The summed E-state index contributed by atoms with van der Waals surface area (Å²) in [6, 6.07) is 36.9. The van der Waals surface area contributed by atoms with Crippen molar-refractivity contribution < 1.29 is 51.6 Å². The van der Waals surface area contributed by atoms with Crippen molar-refractivity contribution in [2.24, 2.45) is 0 Å². The topological polar surface area (TPSA) is 136 Å². The third-order valence-electron chi connectivity index (χ3n) is 12.1. The Kier molecular flexibility index (Phi) is 28.7. The lowest BCUT2D eigenvalue weighted by Crippen LogP contribution is -2.36. The number of hydrogen-bond donors (Lipinski definition) is 2. The molecule has 0 saturated heterocycles. The van der Waals surface area contributed by atoms with Gasteiger partial charge in [-0.1, -0.05) is 116 Å². The number of alkyl halides is 3. The van der Waals surface area contributed by atoms with Crippen LogP contribution in [0.3, 0.4) is 0 Å². The summed E-state index contributed by atoms with van der Waals surface area (Å²) in [5.41, 5.74) is 4.85. The van der Waals surface area contributed by atoms with Crippen LogP contribution in [-0.2, 0) is 29.1 Å². The summed E-state index contributed by atoms with van der Waals surface area (Å²) in [7, 11) is 1.43. The van der Waals surface area contributed by atoms with Crippen molar-refractivity contribution in [3.05, 3.63) is 244 Å². The quantitative estimate of drug-likeness (QED) is 0.0620. The van der Waals surface area contributed by atoms with Gasteiger partial charge < -0.3 is 15.5 Å². The average molecular weight is 1290 g/mol. The first kappa shape index (κ1) is 70.2. The van der Waals surface area contributed by atoms with Crippen LogP contribution in [0, 0.1) is 34.9 Å². The molecule has 6 aromatic carbocycles. The molecule has 24 heteroatoms. The van der Waals surface area contributed by atoms with Gasteiger partial charge in [-0.3, -0.25) is 0 Å². The maximum Gasteiger partial charge on any atom is 0.236 e. The third-order valence-corrected chi connectivity index (χ3v) is 16.9. The lowest BCUT2D eigenvalue weighted by atomic mass is 10.0. The minimum absolute atomic E-state index is 0.00962. The maximum atomic E-state index is 14.2. The highest BCUT2D eigenvalue weighted by Gasteiger charge is 2.37. The van der Waals surface area contributed by atoms with Gasteiger partial charge in [-0.2, -0.15) is 8.61 Å². The van der Waals surface area contributed by atoms with E-state index < -0.39 is 70.3 Å². The van der Waals surface area contributed by atoms with Gasteiger partial charge in [-0.25, -0.2) is 51.6 Å². The SMILES string of the molecule is C=CS(=O)(=O)N1CC(c2cc(F)ccc2F)=CC1c1ccccc1.CN(C)CCS(=O)(=O)N1CC(c2cc(F)ccc2F)=CC1c1ccccc1.CNC.ClCCl.Fc1ccc(F)c(C2=CC(c3ccccc3)NC2)c1.O=S(=O)(Cl)CCCl. The summed E-state index contributed by atoms with van der Waals surface area (Å²) in [5.74, 6) is -3.23. The summed E-state index contributed by atoms with van der Waals surface area (Å²) >= 11 is 14.6. The molecule has 0 aliphatic carbocycles. The molecule has 2 N–H and O–H groups in total. The second-order valence-corrected chi connectivity index (χ2v) is 26.3. The van der Waals surface area contributed by atoms with E-state index in [9.17, 15) is 51.6 Å². The standard InChI is InChI=1S/C20H22F2N2O2S.C18H15F2NO2S.C16H13F2N.C2H4Cl2O2S.C2H7N.CH2Cl2/c1-23(2)10-11-27(25,26)24-14-16(18-13-17(21)8-9-19(18)22)12-20(24)15-6-4-3-5-7-15;1-2-24(22,23)21-12-14(16-11-15(19)8-9-17(16)20)10-18(21)13-6-4-3-5-7-13;17-13-6-7-15(18)14(9-13)12-8-16(19-10-12)11-4-2-1-3-5-11;3-1-2-7(4,5)6;1-3-2;2-1-3/h3-9,12-13,20H,10-11,14H2,1-2H3;2-11,18H,1,12H2;1-9,16,19H,10H2;1-2H2;3H,1-2H3;1H2. The number of hydrogen-bond acceptors (Lipinski definition) is 9. The van der Waals surface area contributed by atoms with E-state index in [1.807, 2.05) is 86.9 Å². The van der Waals surface area contributed by atoms with E-state index in [0.717, 1.165) is 70.1 Å². The van der Waals surface area contributed by atoms with Crippen molar-refractivity contribution in [3.63, 3.8) is 0 Å². The molecular weight excluding hydrogens is 1230 g/mol. The fraction of sp³-hybridized carbons (Fsp3) is 0.254. The molecule has 11 nitrogen and oxygen atoms in total. The van der Waals surface area contributed by atoms with E-state index in [1.54, 1.807) is 55.4 Å². The first-order chi connectivity index (χ1) is 39.3. The van der Waals surface area contributed by atoms with Crippen molar-refractivity contribution in [1.29, 1.82) is 0 Å². The Morgan fingerprint density at radius 1 is 0.578 bits per heavy atom. The zero-order valence-electron chi connectivity index (χ0n) is 45.6. The molecule has 3 heterocycles. The summed E-state index contributed by atoms with van der Waals surface area (Å²) in [6.45, 7) is 4.23. The molecule has 0 bridgehead atoms. The zero-order valence-corrected chi connectivity index (χ0v) is 51.0. The fourth-order valence-electron chi connectivity index (χ4n) is 8.31. The van der Waals surface area contributed by atoms with Crippen LogP contribution in [0.2, 0.25) is 0 Å². The minimum Gasteiger partial charge on any atom is -0.323 e. The Hall–Kier alpha value is -5.33. The summed E-state index contributed by atoms with van der Waals surface area (Å²) in [5, 5.41) is 7.09. The Morgan fingerprint density at radius 3 is 1.31 bits per heavy atom. The first-order valence-electron chi connectivity index (χ1n) is 25.2. The first-order valence-corrected chi connectivity index (χ1v) is 32.4. The Bertz CT molecular complexity index is 3500. The Balaban J connectivity index is 0.000000243. The second-order valence-electron chi connectivity index (χ2n) is 18.4. The molecule has 6 aromatic rings. The zero-order chi connectivity index (χ0) is 61.5. The van der Waals surface area contributed by atoms with Crippen molar-refractivity contribution in [1.82, 2.24) is 24.1 Å². The molecule has 0 spiro atoms. The number of benzene rings is 6. The molecule has 9 rings (SSSR count). The molecule has 0 radical (unpaired) electrons. The molecule has 3 aliphatic rings. The normalized spacial score (nSPS) is 16.9. The minimum atomic E-state index is -3.73. The third kappa shape index (κ3) is 21.9. The van der Waals surface area contributed by atoms with Crippen molar-refractivity contribution in [2.75, 3.05) is 77.1 Å². The fourth-order valence-corrected chi connectivity index (χ4v) is 12.3. The predicted octanol–water partition coefficient (Wildman–Crippen LogP) is 12.9. The van der Waals surface area contributed by atoms with Gasteiger partial charge in [0.05, 0.1) is 35.0 Å². The molecule has 0 fully saturated rings. The van der Waals surface area contributed by atoms with Crippen molar-refractivity contribution >= 4 is 91.3 Å². The number of nitrogens with zero attached hydrogens (tertiary/aromatic N) is 3. The summed E-state index contributed by atoms with van der Waals surface area (Å²) in [4.78, 5) is 1.80. The molecule has 0 saturated carbocycles. The van der Waals surface area contributed by atoms with Crippen LogP contribution in [0.5, 0.6) is 0 Å². The van der Waals surface area contributed by atoms with Gasteiger partial charge in [0.25, 0.3) is 0 Å². The van der Waals surface area contributed by atoms with E-state index in [2.05, 4.69) is 17.2 Å². The summed E-state index contributed by atoms with van der Waals surface area (Å²) < 4.78 is 155. The lowest BCUT2D eigenvalue weighted by Gasteiger charge is -2.25. The number of rotatable bonds is 14. The molecular formula is C59H63Cl4F6N5O6S3. The molecule has 3 unspecified atom stereocenters. The van der Waals surface area contributed by atoms with Crippen LogP contribution >= 0.6 is 45.5 Å². The van der Waals surface area contributed by atoms with Crippen LogP contribution < -0.4 is 10.6 Å². The largest absolute Gasteiger partial charge is 0.323 e.